The van der Waals surface area contributed by atoms with Crippen LogP contribution in [0.4, 0.5) is 5.69 Å². The maximum Gasteiger partial charge on any atom is 0.329 e. The van der Waals surface area contributed by atoms with E-state index in [-0.39, 0.29) is 5.91 Å². The van der Waals surface area contributed by atoms with Gasteiger partial charge in [-0.3, -0.25) is 9.69 Å². The Hall–Kier alpha value is -3.41. The van der Waals surface area contributed by atoms with Crippen LogP contribution in [-0.2, 0) is 28.8 Å². The molecule has 1 atom stereocenters. The number of esters is 1. The zero-order chi connectivity index (χ0) is 21.4. The first-order valence-corrected chi connectivity index (χ1v) is 10.8. The van der Waals surface area contributed by atoms with Gasteiger partial charge in [-0.1, -0.05) is 42.8 Å². The topological polar surface area (TPSA) is 64.4 Å². The van der Waals surface area contributed by atoms with E-state index in [1.165, 1.54) is 7.11 Å². The molecule has 0 saturated carbocycles. The molecular formula is C25H25N3O3. The highest BCUT2D eigenvalue weighted by Gasteiger charge is 2.41. The van der Waals surface area contributed by atoms with Gasteiger partial charge in [0, 0.05) is 23.4 Å². The van der Waals surface area contributed by atoms with Crippen LogP contribution in [0, 0.1) is 0 Å². The number of hydrogen-bond donors (Lipinski definition) is 0. The second-order valence-electron chi connectivity index (χ2n) is 8.13. The number of methoxy groups -OCH3 is 1. The van der Waals surface area contributed by atoms with Crippen LogP contribution in [0.1, 0.15) is 46.6 Å². The highest BCUT2D eigenvalue weighted by molar-refractivity contribution is 6.11. The molecule has 1 aliphatic carbocycles. The van der Waals surface area contributed by atoms with Crippen LogP contribution in [0.3, 0.4) is 0 Å². The molecular weight excluding hydrogens is 390 g/mol. The maximum absolute atomic E-state index is 13.9. The molecule has 0 saturated heterocycles. The minimum atomic E-state index is -0.668. The summed E-state index contributed by atoms with van der Waals surface area (Å²) < 4.78 is 6.95. The fourth-order valence-corrected chi connectivity index (χ4v) is 4.81. The van der Waals surface area contributed by atoms with Gasteiger partial charge in [0.1, 0.15) is 6.04 Å². The minimum absolute atomic E-state index is 0.229. The molecule has 2 heterocycles. The summed E-state index contributed by atoms with van der Waals surface area (Å²) in [5, 5.41) is 4.81. The van der Waals surface area contributed by atoms with Crippen LogP contribution < -0.4 is 4.90 Å². The van der Waals surface area contributed by atoms with Gasteiger partial charge < -0.3 is 4.74 Å². The number of hydrogen-bond acceptors (Lipinski definition) is 4. The predicted molar refractivity (Wildman–Crippen MR) is 118 cm³/mol. The number of carbonyl (C=O) groups is 2. The molecule has 0 fully saturated rings. The maximum atomic E-state index is 13.9. The molecule has 0 radical (unpaired) electrons. The van der Waals surface area contributed by atoms with Crippen molar-refractivity contribution in [2.24, 2.45) is 0 Å². The Morgan fingerprint density at radius 1 is 0.968 bits per heavy atom. The molecule has 1 amide bonds. The number of ether oxygens (including phenoxy) is 1. The average Bonchev–Trinajstić information content (AvgIpc) is 3.28. The number of amides is 1. The van der Waals surface area contributed by atoms with E-state index in [2.05, 4.69) is 0 Å². The molecule has 3 aromatic rings. The zero-order valence-corrected chi connectivity index (χ0v) is 17.6. The number of benzene rings is 2. The summed E-state index contributed by atoms with van der Waals surface area (Å²) in [6.45, 7) is 0. The third-order valence-corrected chi connectivity index (χ3v) is 6.30. The molecule has 1 aromatic heterocycles. The molecule has 6 heteroatoms. The summed E-state index contributed by atoms with van der Waals surface area (Å²) in [5.41, 5.74) is 5.25. The van der Waals surface area contributed by atoms with E-state index in [1.54, 1.807) is 4.90 Å². The highest BCUT2D eigenvalue weighted by Crippen LogP contribution is 2.35. The molecule has 1 unspecified atom stereocenters. The van der Waals surface area contributed by atoms with Crippen molar-refractivity contribution in [2.75, 3.05) is 12.0 Å². The number of nitrogens with zero attached hydrogens (tertiary/aromatic N) is 3. The molecule has 0 bridgehead atoms. The Kier molecular flexibility index (Phi) is 5.06. The van der Waals surface area contributed by atoms with Gasteiger partial charge in [-0.05, 0) is 49.4 Å². The molecule has 31 heavy (non-hydrogen) atoms. The van der Waals surface area contributed by atoms with Gasteiger partial charge in [-0.15, -0.1) is 0 Å². The molecule has 2 aliphatic rings. The van der Waals surface area contributed by atoms with Crippen LogP contribution in [-0.4, -0.2) is 34.8 Å². The fourth-order valence-electron chi connectivity index (χ4n) is 4.81. The van der Waals surface area contributed by atoms with Crippen LogP contribution >= 0.6 is 0 Å². The molecule has 158 valence electrons. The summed E-state index contributed by atoms with van der Waals surface area (Å²) in [6.07, 6.45) is 5.41. The van der Waals surface area contributed by atoms with Crippen LogP contribution in [0.2, 0.25) is 0 Å². The summed E-state index contributed by atoms with van der Waals surface area (Å²) in [4.78, 5) is 28.1. The van der Waals surface area contributed by atoms with Gasteiger partial charge >= 0.3 is 5.97 Å². The Morgan fingerprint density at radius 2 is 1.71 bits per heavy atom. The van der Waals surface area contributed by atoms with E-state index >= 15 is 0 Å². The smallest absolute Gasteiger partial charge is 0.329 e. The van der Waals surface area contributed by atoms with E-state index in [4.69, 9.17) is 9.84 Å². The van der Waals surface area contributed by atoms with Gasteiger partial charge in [0.05, 0.1) is 12.8 Å². The Morgan fingerprint density at radius 3 is 2.52 bits per heavy atom. The number of fused-ring (bicyclic) bond motifs is 2. The van der Waals surface area contributed by atoms with Crippen molar-refractivity contribution in [3.05, 3.63) is 77.1 Å². The van der Waals surface area contributed by atoms with Gasteiger partial charge in [0.2, 0.25) is 0 Å². The van der Waals surface area contributed by atoms with Crippen LogP contribution in [0.15, 0.2) is 54.6 Å². The lowest BCUT2D eigenvalue weighted by Gasteiger charge is -2.23. The van der Waals surface area contributed by atoms with E-state index < -0.39 is 12.0 Å². The van der Waals surface area contributed by atoms with Crippen molar-refractivity contribution in [1.29, 1.82) is 0 Å². The van der Waals surface area contributed by atoms with Gasteiger partial charge in [0.25, 0.3) is 5.91 Å². The number of anilines is 1. The predicted octanol–water partition coefficient (Wildman–Crippen LogP) is 3.89. The lowest BCUT2D eigenvalue weighted by Crippen LogP contribution is -2.44. The van der Waals surface area contributed by atoms with Crippen LogP contribution in [0.5, 0.6) is 0 Å². The quantitative estimate of drug-likeness (QED) is 0.481. The lowest BCUT2D eigenvalue weighted by molar-refractivity contribution is -0.141. The van der Waals surface area contributed by atoms with E-state index in [1.807, 2.05) is 59.3 Å². The van der Waals surface area contributed by atoms with E-state index in [9.17, 15) is 9.59 Å². The molecule has 0 spiro atoms. The fraction of sp³-hybridized carbons (Fsp3) is 0.320. The summed E-state index contributed by atoms with van der Waals surface area (Å²) in [7, 11) is 1.37. The van der Waals surface area contributed by atoms with Gasteiger partial charge in [-0.2, -0.15) is 5.10 Å². The van der Waals surface area contributed by atoms with Crippen molar-refractivity contribution >= 4 is 17.6 Å². The van der Waals surface area contributed by atoms with Crippen molar-refractivity contribution < 1.29 is 14.3 Å². The van der Waals surface area contributed by atoms with Crippen molar-refractivity contribution in [3.8, 4) is 5.69 Å². The monoisotopic (exact) mass is 415 g/mol. The number of aromatic nitrogens is 2. The molecule has 6 nitrogen and oxygen atoms in total. The third-order valence-electron chi connectivity index (χ3n) is 6.30. The van der Waals surface area contributed by atoms with Crippen molar-refractivity contribution in [2.45, 2.75) is 44.6 Å². The Bertz CT molecular complexity index is 1140. The number of rotatable bonds is 3. The van der Waals surface area contributed by atoms with Crippen molar-refractivity contribution in [1.82, 2.24) is 9.78 Å². The average molecular weight is 415 g/mol. The minimum Gasteiger partial charge on any atom is -0.467 e. The number of para-hydroxylation sites is 2. The second kappa shape index (κ2) is 8.02. The molecule has 5 rings (SSSR count). The second-order valence-corrected chi connectivity index (χ2v) is 8.13. The van der Waals surface area contributed by atoms with Gasteiger partial charge in [-0.25, -0.2) is 9.48 Å². The standard InChI is InChI=1S/C25H25N3O3/c1-31-25(30)22-16-17-10-8-9-14-20(17)27(22)24(29)23-19-13-6-3-7-15-21(19)28(26-23)18-11-4-2-5-12-18/h2,4-5,8-12,14,22H,3,6-7,13,15-16H2,1H3. The molecule has 1 aliphatic heterocycles. The largest absolute Gasteiger partial charge is 0.467 e. The lowest BCUT2D eigenvalue weighted by atomic mass is 10.1. The zero-order valence-electron chi connectivity index (χ0n) is 17.6. The Balaban J connectivity index is 1.63. The van der Waals surface area contributed by atoms with Crippen LogP contribution in [0.25, 0.3) is 5.69 Å². The van der Waals surface area contributed by atoms with E-state index in [0.717, 1.165) is 60.3 Å². The first-order chi connectivity index (χ1) is 15.2. The first kappa shape index (κ1) is 19.5. The van der Waals surface area contributed by atoms with E-state index in [0.29, 0.717) is 12.1 Å². The van der Waals surface area contributed by atoms with Crippen molar-refractivity contribution in [3.63, 3.8) is 0 Å². The first-order valence-electron chi connectivity index (χ1n) is 10.8. The normalized spacial score (nSPS) is 17.6. The number of carbonyl (C=O) groups excluding carboxylic acids is 2. The highest BCUT2D eigenvalue weighted by atomic mass is 16.5. The summed E-state index contributed by atoms with van der Waals surface area (Å²) in [5.74, 6) is -0.633. The molecule has 2 aromatic carbocycles. The summed E-state index contributed by atoms with van der Waals surface area (Å²) >= 11 is 0. The summed E-state index contributed by atoms with van der Waals surface area (Å²) in [6, 6.07) is 16.9. The van der Waals surface area contributed by atoms with Gasteiger partial charge in [0.15, 0.2) is 5.69 Å². The SMILES string of the molecule is COC(=O)C1Cc2ccccc2N1C(=O)c1nn(-c2ccccc2)c2c1CCCCC2. The molecule has 0 N–H and O–H groups in total. The third kappa shape index (κ3) is 3.32. The Labute approximate surface area is 181 Å².